The number of benzene rings is 2. The minimum atomic E-state index is 0.305. The van der Waals surface area contributed by atoms with Gasteiger partial charge in [0.1, 0.15) is 12.0 Å². The van der Waals surface area contributed by atoms with Crippen molar-refractivity contribution in [3.8, 4) is 17.2 Å². The number of carbonyl (C=O) groups excluding carboxylic acids is 1. The summed E-state index contributed by atoms with van der Waals surface area (Å²) in [5, 5.41) is 0. The van der Waals surface area contributed by atoms with Gasteiger partial charge in [0, 0.05) is 12.6 Å². The van der Waals surface area contributed by atoms with Crippen LogP contribution >= 0.6 is 0 Å². The number of fused-ring (bicyclic) bond motifs is 1. The molecule has 0 bridgehead atoms. The largest absolute Gasteiger partial charge is 0.493 e. The molecule has 0 spiro atoms. The first-order chi connectivity index (χ1) is 24.2. The number of aryl methyl sites for hydroxylation is 3. The summed E-state index contributed by atoms with van der Waals surface area (Å²) >= 11 is 0. The maximum Gasteiger partial charge on any atom is 0.231 e. The lowest BCUT2D eigenvalue weighted by Gasteiger charge is -2.22. The molecule has 2 aromatic carbocycles. The lowest BCUT2D eigenvalue weighted by atomic mass is 9.91. The minimum Gasteiger partial charge on any atom is -0.493 e. The molecule has 2 heterocycles. The topological polar surface area (TPSA) is 52.4 Å². The zero-order valence-electron chi connectivity index (χ0n) is 34.7. The van der Waals surface area contributed by atoms with E-state index in [2.05, 4.69) is 105 Å². The van der Waals surface area contributed by atoms with Gasteiger partial charge in [0.2, 0.25) is 6.79 Å². The molecule has 6 nitrogen and oxygen atoms in total. The van der Waals surface area contributed by atoms with Crippen molar-refractivity contribution < 1.29 is 23.9 Å². The number of para-hydroxylation sites is 1. The molecule has 2 aromatic rings. The third-order valence-electron chi connectivity index (χ3n) is 8.60. The van der Waals surface area contributed by atoms with Crippen molar-refractivity contribution >= 4 is 6.29 Å². The van der Waals surface area contributed by atoms with Gasteiger partial charge in [-0.1, -0.05) is 131 Å². The molecule has 2 aliphatic heterocycles. The molecule has 0 aromatic heterocycles. The highest BCUT2D eigenvalue weighted by Gasteiger charge is 2.34. The number of quaternary nitrogens is 1. The zero-order valence-corrected chi connectivity index (χ0v) is 34.7. The summed E-state index contributed by atoms with van der Waals surface area (Å²) in [6.07, 6.45) is 16.5. The van der Waals surface area contributed by atoms with Gasteiger partial charge in [0.25, 0.3) is 0 Å². The number of rotatable bonds is 16. The first-order valence-electron chi connectivity index (χ1n) is 20.3. The molecule has 0 saturated carbocycles. The van der Waals surface area contributed by atoms with Gasteiger partial charge in [0.15, 0.2) is 11.5 Å². The Labute approximate surface area is 309 Å². The predicted octanol–water partition coefficient (Wildman–Crippen LogP) is 10.0. The molecular formula is C44H79N2O4+. The van der Waals surface area contributed by atoms with Crippen LogP contribution in [0.3, 0.4) is 0 Å². The van der Waals surface area contributed by atoms with Crippen molar-refractivity contribution in [2.24, 2.45) is 0 Å². The molecule has 1 N–H and O–H groups in total. The molecule has 0 amide bonds. The molecule has 6 heteroatoms. The molecule has 2 aliphatic rings. The summed E-state index contributed by atoms with van der Waals surface area (Å²) in [6, 6.07) is 11.3. The SMILES string of the molecule is CC.CCCCC.CCCCC.CCCCOc1c(C)cccc1CCC1CC(c2cc(CCC)c3c(c2)OCO3)CN1CC=O.C[NH+](C)C. The first kappa shape index (κ1) is 47.4. The van der Waals surface area contributed by atoms with Crippen LogP contribution in [0, 0.1) is 6.92 Å². The van der Waals surface area contributed by atoms with Crippen LogP contribution in [0.2, 0.25) is 0 Å². The van der Waals surface area contributed by atoms with Crippen LogP contribution in [0.1, 0.15) is 154 Å². The Kier molecular flexibility index (Phi) is 28.5. The van der Waals surface area contributed by atoms with Crippen molar-refractivity contribution in [1.82, 2.24) is 4.90 Å². The van der Waals surface area contributed by atoms with Gasteiger partial charge in [-0.3, -0.25) is 4.90 Å². The van der Waals surface area contributed by atoms with Gasteiger partial charge < -0.3 is 23.9 Å². The van der Waals surface area contributed by atoms with Crippen molar-refractivity contribution in [1.29, 1.82) is 0 Å². The van der Waals surface area contributed by atoms with Gasteiger partial charge in [-0.15, -0.1) is 0 Å². The first-order valence-corrected chi connectivity index (χ1v) is 20.3. The van der Waals surface area contributed by atoms with E-state index in [9.17, 15) is 4.79 Å². The van der Waals surface area contributed by atoms with E-state index < -0.39 is 0 Å². The lowest BCUT2D eigenvalue weighted by Crippen LogP contribution is -3.02. The minimum absolute atomic E-state index is 0.305. The summed E-state index contributed by atoms with van der Waals surface area (Å²) in [4.78, 5) is 15.2. The fourth-order valence-electron chi connectivity index (χ4n) is 6.11. The third kappa shape index (κ3) is 18.6. The van der Waals surface area contributed by atoms with Gasteiger partial charge in [-0.2, -0.15) is 0 Å². The second-order valence-corrected chi connectivity index (χ2v) is 13.9. The Morgan fingerprint density at radius 2 is 1.46 bits per heavy atom. The van der Waals surface area contributed by atoms with Crippen molar-refractivity contribution in [2.45, 2.75) is 158 Å². The average Bonchev–Trinajstić information content (AvgIpc) is 3.75. The van der Waals surface area contributed by atoms with Crippen LogP contribution < -0.4 is 19.1 Å². The van der Waals surface area contributed by atoms with Gasteiger partial charge in [-0.05, 0) is 73.3 Å². The second-order valence-electron chi connectivity index (χ2n) is 13.9. The maximum absolute atomic E-state index is 11.5. The van der Waals surface area contributed by atoms with E-state index >= 15 is 0 Å². The third-order valence-corrected chi connectivity index (χ3v) is 8.60. The van der Waals surface area contributed by atoms with Crippen LogP contribution in [0.4, 0.5) is 0 Å². The van der Waals surface area contributed by atoms with E-state index in [1.807, 2.05) is 13.8 Å². The molecule has 4 rings (SSSR count). The maximum atomic E-state index is 11.5. The van der Waals surface area contributed by atoms with E-state index in [0.717, 1.165) is 81.6 Å². The highest BCUT2D eigenvalue weighted by Crippen LogP contribution is 2.42. The van der Waals surface area contributed by atoms with E-state index in [4.69, 9.17) is 14.2 Å². The zero-order chi connectivity index (χ0) is 37.7. The number of ether oxygens (including phenoxy) is 3. The number of aldehydes is 1. The van der Waals surface area contributed by atoms with Gasteiger partial charge >= 0.3 is 0 Å². The number of hydrogen-bond acceptors (Lipinski definition) is 5. The molecular weight excluding hydrogens is 620 g/mol. The van der Waals surface area contributed by atoms with E-state index in [1.165, 1.54) is 65.7 Å². The lowest BCUT2D eigenvalue weighted by molar-refractivity contribution is -0.836. The quantitative estimate of drug-likeness (QED) is 0.140. The predicted molar refractivity (Wildman–Crippen MR) is 216 cm³/mol. The Bertz CT molecular complexity index is 1110. The number of nitrogens with one attached hydrogen (secondary N) is 1. The summed E-state index contributed by atoms with van der Waals surface area (Å²) in [7, 11) is 6.25. The summed E-state index contributed by atoms with van der Waals surface area (Å²) in [5.74, 6) is 3.24. The molecule has 2 unspecified atom stereocenters. The molecule has 288 valence electrons. The number of carbonyl (C=O) groups is 1. The number of nitrogens with zero attached hydrogens (tertiary/aromatic N) is 1. The molecule has 0 radical (unpaired) electrons. The second kappa shape index (κ2) is 30.1. The standard InChI is InChI=1S/C29H39NO4.2C5H12.C3H9N.C2H6/c1-4-6-15-32-28-21(3)9-7-10-22(28)11-12-26-17-25(19-30(26)13-14-31)24-16-23(8-5-2)29-27(18-24)33-20-34-29;2*1-3-5-4-2;1-4(2)3;1-2/h7,9-10,14,16,18,25-26H,4-6,8,11-13,15,17,19-20H2,1-3H3;2*3-5H2,1-2H3;1-3H3;1-2H3/p+1. The molecule has 1 saturated heterocycles. The smallest absolute Gasteiger partial charge is 0.231 e. The molecule has 2 atom stereocenters. The Balaban J connectivity index is 0.00000126. The number of likely N-dealkylation sites (tertiary alicyclic amines) is 1. The van der Waals surface area contributed by atoms with Crippen LogP contribution in [0.5, 0.6) is 17.2 Å². The van der Waals surface area contributed by atoms with E-state index in [0.29, 0.717) is 25.3 Å². The number of unbranched alkanes of at least 4 members (excludes halogenated alkanes) is 5. The van der Waals surface area contributed by atoms with Gasteiger partial charge in [0.05, 0.1) is 34.3 Å². The average molecular weight is 700 g/mol. The number of hydrogen-bond donors (Lipinski definition) is 1. The Hall–Kier alpha value is -2.57. The van der Waals surface area contributed by atoms with Crippen LogP contribution in [0.15, 0.2) is 30.3 Å². The Morgan fingerprint density at radius 3 is 2.00 bits per heavy atom. The normalized spacial score (nSPS) is 15.8. The fourth-order valence-corrected chi connectivity index (χ4v) is 6.11. The fraction of sp³-hybridized carbons (Fsp3) is 0.705. The van der Waals surface area contributed by atoms with Crippen molar-refractivity contribution in [2.75, 3.05) is 47.6 Å². The van der Waals surface area contributed by atoms with Crippen molar-refractivity contribution in [3.05, 3.63) is 52.6 Å². The van der Waals surface area contributed by atoms with Crippen LogP contribution in [-0.4, -0.2) is 64.9 Å². The highest BCUT2D eigenvalue weighted by molar-refractivity contribution is 5.53. The summed E-state index contributed by atoms with van der Waals surface area (Å²) < 4.78 is 17.7. The van der Waals surface area contributed by atoms with Crippen LogP contribution in [0.25, 0.3) is 0 Å². The molecule has 0 aliphatic carbocycles. The van der Waals surface area contributed by atoms with Crippen LogP contribution in [-0.2, 0) is 17.6 Å². The molecule has 50 heavy (non-hydrogen) atoms. The van der Waals surface area contributed by atoms with E-state index in [1.54, 1.807) is 0 Å². The summed E-state index contributed by atoms with van der Waals surface area (Å²) in [5.41, 5.74) is 5.03. The monoisotopic (exact) mass is 700 g/mol. The Morgan fingerprint density at radius 1 is 0.840 bits per heavy atom. The van der Waals surface area contributed by atoms with E-state index in [-0.39, 0.29) is 0 Å². The van der Waals surface area contributed by atoms with Gasteiger partial charge in [-0.25, -0.2) is 0 Å². The highest BCUT2D eigenvalue weighted by atomic mass is 16.7. The molecule has 1 fully saturated rings. The summed E-state index contributed by atoms with van der Waals surface area (Å²) in [6.45, 7) is 21.8. The van der Waals surface area contributed by atoms with Crippen molar-refractivity contribution in [3.63, 3.8) is 0 Å².